The van der Waals surface area contributed by atoms with Crippen LogP contribution in [0.3, 0.4) is 0 Å². The minimum absolute atomic E-state index is 0. The number of piperazine rings is 1. The summed E-state index contributed by atoms with van der Waals surface area (Å²) in [6, 6.07) is 5.75. The van der Waals surface area contributed by atoms with E-state index >= 15 is 0 Å². The fraction of sp³-hybridized carbons (Fsp3) is 0.538. The maximum absolute atomic E-state index is 13.2. The number of nitrogens with zero attached hydrogens (tertiary/aromatic N) is 1. The van der Waals surface area contributed by atoms with Crippen LogP contribution in [-0.2, 0) is 0 Å². The van der Waals surface area contributed by atoms with E-state index < -0.39 is 0 Å². The van der Waals surface area contributed by atoms with Crippen molar-refractivity contribution in [3.63, 3.8) is 0 Å². The molecule has 0 saturated carbocycles. The molecule has 0 bridgehead atoms. The van der Waals surface area contributed by atoms with E-state index in [1.165, 1.54) is 5.56 Å². The first-order valence-electron chi connectivity index (χ1n) is 6.12. The highest BCUT2D eigenvalue weighted by molar-refractivity contribution is 9.10. The van der Waals surface area contributed by atoms with Crippen LogP contribution < -0.4 is 5.32 Å². The van der Waals surface area contributed by atoms with E-state index in [4.69, 9.17) is 0 Å². The molecule has 6 heteroatoms. The molecule has 1 atom stereocenters. The van der Waals surface area contributed by atoms with Gasteiger partial charge in [-0.25, -0.2) is 4.39 Å². The molecule has 19 heavy (non-hydrogen) atoms. The molecular weight excluding hydrogens is 354 g/mol. The standard InChI is InChI=1S/C13H18BrFN2.2ClH/c1-2-13(17-7-5-16-6-8-17)10-3-4-12(15)11(14)9-10;;/h3-4,9,13,16H,2,5-8H2,1H3;2*1H/t13-;;/m1../s1. The molecular formula is C13H20BrCl2FN2. The lowest BCUT2D eigenvalue weighted by Gasteiger charge is -2.34. The van der Waals surface area contributed by atoms with Gasteiger partial charge in [-0.15, -0.1) is 24.8 Å². The highest BCUT2D eigenvalue weighted by atomic mass is 79.9. The van der Waals surface area contributed by atoms with Crippen molar-refractivity contribution >= 4 is 40.7 Å². The summed E-state index contributed by atoms with van der Waals surface area (Å²) in [7, 11) is 0. The molecule has 0 radical (unpaired) electrons. The van der Waals surface area contributed by atoms with E-state index in [1.807, 2.05) is 12.1 Å². The summed E-state index contributed by atoms with van der Waals surface area (Å²) in [5, 5.41) is 3.35. The van der Waals surface area contributed by atoms with E-state index in [0.717, 1.165) is 32.6 Å². The first-order chi connectivity index (χ1) is 8.22. The minimum Gasteiger partial charge on any atom is -0.314 e. The minimum atomic E-state index is -0.191. The smallest absolute Gasteiger partial charge is 0.137 e. The van der Waals surface area contributed by atoms with Crippen LogP contribution in [0.4, 0.5) is 4.39 Å². The van der Waals surface area contributed by atoms with Crippen LogP contribution in [0.25, 0.3) is 0 Å². The van der Waals surface area contributed by atoms with Crippen LogP contribution >= 0.6 is 40.7 Å². The molecule has 2 rings (SSSR count). The van der Waals surface area contributed by atoms with E-state index in [-0.39, 0.29) is 30.6 Å². The highest BCUT2D eigenvalue weighted by Gasteiger charge is 2.20. The highest BCUT2D eigenvalue weighted by Crippen LogP contribution is 2.27. The molecule has 1 aromatic rings. The molecule has 1 aliphatic rings. The molecule has 1 saturated heterocycles. The Morgan fingerprint density at radius 2 is 1.95 bits per heavy atom. The van der Waals surface area contributed by atoms with Gasteiger partial charge in [-0.2, -0.15) is 0 Å². The van der Waals surface area contributed by atoms with E-state index in [1.54, 1.807) is 6.07 Å². The van der Waals surface area contributed by atoms with Gasteiger partial charge in [-0.3, -0.25) is 4.90 Å². The fourth-order valence-electron chi connectivity index (χ4n) is 2.42. The molecule has 1 heterocycles. The van der Waals surface area contributed by atoms with Crippen molar-refractivity contribution in [1.82, 2.24) is 10.2 Å². The molecule has 0 aromatic heterocycles. The SMILES string of the molecule is CC[C@H](c1ccc(F)c(Br)c1)N1CCNCC1.Cl.Cl. The maximum atomic E-state index is 13.2. The number of hydrogen-bond donors (Lipinski definition) is 1. The van der Waals surface area contributed by atoms with Gasteiger partial charge in [0, 0.05) is 32.2 Å². The first-order valence-corrected chi connectivity index (χ1v) is 6.91. The van der Waals surface area contributed by atoms with E-state index in [0.29, 0.717) is 10.5 Å². The van der Waals surface area contributed by atoms with Crippen molar-refractivity contribution < 1.29 is 4.39 Å². The van der Waals surface area contributed by atoms with Crippen LogP contribution in [0.5, 0.6) is 0 Å². The predicted octanol–water partition coefficient (Wildman–Crippen LogP) is 3.79. The number of nitrogens with one attached hydrogen (secondary N) is 1. The van der Waals surface area contributed by atoms with Crippen LogP contribution in [0.1, 0.15) is 24.9 Å². The fourth-order valence-corrected chi connectivity index (χ4v) is 2.81. The van der Waals surface area contributed by atoms with Crippen molar-refractivity contribution in [2.45, 2.75) is 19.4 Å². The van der Waals surface area contributed by atoms with Crippen LogP contribution in [0.2, 0.25) is 0 Å². The number of rotatable bonds is 3. The summed E-state index contributed by atoms with van der Waals surface area (Å²) in [5.74, 6) is -0.191. The Balaban J connectivity index is 0.00000162. The van der Waals surface area contributed by atoms with Crippen molar-refractivity contribution in [2.24, 2.45) is 0 Å². The molecule has 1 aromatic carbocycles. The van der Waals surface area contributed by atoms with Gasteiger partial charge in [0.05, 0.1) is 4.47 Å². The normalized spacial score (nSPS) is 17.2. The molecule has 0 aliphatic carbocycles. The molecule has 1 N–H and O–H groups in total. The van der Waals surface area contributed by atoms with Gasteiger partial charge < -0.3 is 5.32 Å². The molecule has 1 fully saturated rings. The van der Waals surface area contributed by atoms with Crippen molar-refractivity contribution in [1.29, 1.82) is 0 Å². The van der Waals surface area contributed by atoms with Crippen LogP contribution in [0.15, 0.2) is 22.7 Å². The Morgan fingerprint density at radius 1 is 1.32 bits per heavy atom. The zero-order chi connectivity index (χ0) is 12.3. The Labute approximate surface area is 135 Å². The van der Waals surface area contributed by atoms with Crippen molar-refractivity contribution in [3.05, 3.63) is 34.1 Å². The lowest BCUT2D eigenvalue weighted by Crippen LogP contribution is -2.45. The van der Waals surface area contributed by atoms with Gasteiger partial charge in [0.2, 0.25) is 0 Å². The van der Waals surface area contributed by atoms with Crippen LogP contribution in [0, 0.1) is 5.82 Å². The van der Waals surface area contributed by atoms with Gasteiger partial charge >= 0.3 is 0 Å². The number of benzene rings is 1. The number of halogens is 4. The summed E-state index contributed by atoms with van der Waals surface area (Å²) < 4.78 is 13.8. The average molecular weight is 374 g/mol. The lowest BCUT2D eigenvalue weighted by atomic mass is 10.0. The third-order valence-corrected chi connectivity index (χ3v) is 3.92. The Hall–Kier alpha value is 0.130. The van der Waals surface area contributed by atoms with Crippen LogP contribution in [-0.4, -0.2) is 31.1 Å². The zero-order valence-corrected chi connectivity index (χ0v) is 14.1. The lowest BCUT2D eigenvalue weighted by molar-refractivity contribution is 0.169. The largest absolute Gasteiger partial charge is 0.314 e. The summed E-state index contributed by atoms with van der Waals surface area (Å²) in [6.45, 7) is 6.39. The second-order valence-corrected chi connectivity index (χ2v) is 5.24. The van der Waals surface area contributed by atoms with Gasteiger partial charge in [0.1, 0.15) is 5.82 Å². The summed E-state index contributed by atoms with van der Waals surface area (Å²) in [5.41, 5.74) is 1.20. The predicted molar refractivity (Wildman–Crippen MR) is 86.1 cm³/mol. The summed E-state index contributed by atoms with van der Waals surface area (Å²) in [4.78, 5) is 2.47. The second kappa shape index (κ2) is 9.14. The number of hydrogen-bond acceptors (Lipinski definition) is 2. The topological polar surface area (TPSA) is 15.3 Å². The van der Waals surface area contributed by atoms with E-state index in [2.05, 4.69) is 33.1 Å². The zero-order valence-electron chi connectivity index (χ0n) is 10.9. The Bertz CT molecular complexity index is 387. The van der Waals surface area contributed by atoms with Gasteiger partial charge in [-0.05, 0) is 40.0 Å². The molecule has 2 nitrogen and oxygen atoms in total. The Kier molecular flexibility index (Phi) is 9.20. The monoisotopic (exact) mass is 372 g/mol. The first kappa shape index (κ1) is 19.1. The van der Waals surface area contributed by atoms with Crippen molar-refractivity contribution in [2.75, 3.05) is 26.2 Å². The molecule has 1 aliphatic heterocycles. The third-order valence-electron chi connectivity index (χ3n) is 3.31. The quantitative estimate of drug-likeness (QED) is 0.867. The Morgan fingerprint density at radius 3 is 2.47 bits per heavy atom. The summed E-state index contributed by atoms with van der Waals surface area (Å²) >= 11 is 3.26. The molecule has 110 valence electrons. The van der Waals surface area contributed by atoms with Gasteiger partial charge in [0.15, 0.2) is 0 Å². The average Bonchev–Trinajstić information content (AvgIpc) is 2.36. The van der Waals surface area contributed by atoms with Gasteiger partial charge in [-0.1, -0.05) is 13.0 Å². The summed E-state index contributed by atoms with van der Waals surface area (Å²) in [6.07, 6.45) is 1.05. The molecule has 0 spiro atoms. The van der Waals surface area contributed by atoms with Gasteiger partial charge in [0.25, 0.3) is 0 Å². The van der Waals surface area contributed by atoms with E-state index in [9.17, 15) is 4.39 Å². The third kappa shape index (κ3) is 4.87. The molecule has 0 amide bonds. The molecule has 0 unspecified atom stereocenters. The maximum Gasteiger partial charge on any atom is 0.137 e. The van der Waals surface area contributed by atoms with Crippen molar-refractivity contribution in [3.8, 4) is 0 Å². The second-order valence-electron chi connectivity index (χ2n) is 4.38.